The fraction of sp³-hybridized carbons (Fsp3) is 0.194. The number of anilines is 1. The van der Waals surface area contributed by atoms with Crippen molar-refractivity contribution in [3.05, 3.63) is 119 Å². The second kappa shape index (κ2) is 8.76. The van der Waals surface area contributed by atoms with Crippen molar-refractivity contribution in [2.45, 2.75) is 26.1 Å². The van der Waals surface area contributed by atoms with Crippen LogP contribution in [0.1, 0.15) is 46.5 Å². The molecule has 0 fully saturated rings. The summed E-state index contributed by atoms with van der Waals surface area (Å²) in [5.74, 6) is 1.67. The lowest BCUT2D eigenvalue weighted by Crippen LogP contribution is -2.36. The van der Waals surface area contributed by atoms with Crippen molar-refractivity contribution in [3.63, 3.8) is 0 Å². The van der Waals surface area contributed by atoms with Crippen molar-refractivity contribution in [1.29, 1.82) is 0 Å². The normalized spacial score (nSPS) is 17.0. The van der Waals surface area contributed by atoms with Crippen molar-refractivity contribution in [2.75, 3.05) is 18.0 Å². The number of rotatable bonds is 6. The molecule has 5 heteroatoms. The van der Waals surface area contributed by atoms with E-state index < -0.39 is 5.60 Å². The Kier molecular flexibility index (Phi) is 5.41. The molecule has 0 saturated carbocycles. The number of hydrogen-bond donors (Lipinski definition) is 0. The van der Waals surface area contributed by atoms with E-state index in [9.17, 15) is 4.79 Å². The maximum Gasteiger partial charge on any atom is 0.340 e. The van der Waals surface area contributed by atoms with E-state index in [1.807, 2.05) is 91.0 Å². The van der Waals surface area contributed by atoms with Gasteiger partial charge in [0.05, 0.1) is 16.8 Å². The zero-order valence-electron chi connectivity index (χ0n) is 20.4. The molecule has 4 aromatic carbocycles. The van der Waals surface area contributed by atoms with E-state index in [1.54, 1.807) is 0 Å². The highest BCUT2D eigenvalue weighted by molar-refractivity contribution is 5.97. The Morgan fingerprint density at radius 1 is 0.806 bits per heavy atom. The predicted octanol–water partition coefficient (Wildman–Crippen LogP) is 6.68. The van der Waals surface area contributed by atoms with Gasteiger partial charge >= 0.3 is 5.97 Å². The summed E-state index contributed by atoms with van der Waals surface area (Å²) in [4.78, 5) is 15.5. The maximum atomic E-state index is 13.2. The van der Waals surface area contributed by atoms with Gasteiger partial charge in [-0.2, -0.15) is 0 Å². The summed E-state index contributed by atoms with van der Waals surface area (Å²) in [6.07, 6.45) is 0. The maximum absolute atomic E-state index is 13.2. The summed E-state index contributed by atoms with van der Waals surface area (Å²) < 4.78 is 19.1. The summed E-state index contributed by atoms with van der Waals surface area (Å²) in [6.45, 7) is 6.23. The molecule has 2 aliphatic heterocycles. The molecular weight excluding hydrogens is 450 g/mol. The Labute approximate surface area is 210 Å². The number of ether oxygens (including phenoxy) is 3. The number of para-hydroxylation sites is 1. The number of nitrogens with zero attached hydrogens (tertiary/aromatic N) is 1. The van der Waals surface area contributed by atoms with E-state index in [4.69, 9.17) is 14.2 Å². The van der Waals surface area contributed by atoms with Crippen LogP contribution in [0.5, 0.6) is 17.2 Å². The fourth-order valence-corrected chi connectivity index (χ4v) is 5.35. The van der Waals surface area contributed by atoms with Crippen LogP contribution in [0.2, 0.25) is 0 Å². The summed E-state index contributed by atoms with van der Waals surface area (Å²) >= 11 is 0. The van der Waals surface area contributed by atoms with Gasteiger partial charge < -0.3 is 19.1 Å². The smallest absolute Gasteiger partial charge is 0.340 e. The first-order chi connectivity index (χ1) is 17.7. The van der Waals surface area contributed by atoms with Crippen LogP contribution in [0.25, 0.3) is 0 Å². The van der Waals surface area contributed by atoms with E-state index in [2.05, 4.69) is 18.7 Å². The number of benzene rings is 4. The molecule has 2 heterocycles. The van der Waals surface area contributed by atoms with Crippen molar-refractivity contribution < 1.29 is 19.0 Å². The molecule has 2 aliphatic rings. The minimum atomic E-state index is -1.10. The highest BCUT2D eigenvalue weighted by atomic mass is 16.6. The van der Waals surface area contributed by atoms with Gasteiger partial charge in [0.15, 0.2) is 5.60 Å². The van der Waals surface area contributed by atoms with Gasteiger partial charge in [0, 0.05) is 36.3 Å². The topological polar surface area (TPSA) is 48.0 Å². The largest absolute Gasteiger partial charge is 0.489 e. The van der Waals surface area contributed by atoms with E-state index in [-0.39, 0.29) is 5.97 Å². The van der Waals surface area contributed by atoms with E-state index >= 15 is 0 Å². The predicted molar refractivity (Wildman–Crippen MR) is 139 cm³/mol. The molecule has 1 unspecified atom stereocenters. The Morgan fingerprint density at radius 2 is 1.50 bits per heavy atom. The van der Waals surface area contributed by atoms with Crippen LogP contribution >= 0.6 is 0 Å². The molecule has 5 nitrogen and oxygen atoms in total. The van der Waals surface area contributed by atoms with Crippen LogP contribution in [-0.2, 0) is 16.9 Å². The van der Waals surface area contributed by atoms with Gasteiger partial charge in [0.1, 0.15) is 23.9 Å². The highest BCUT2D eigenvalue weighted by Gasteiger charge is 2.55. The van der Waals surface area contributed by atoms with Gasteiger partial charge in [0.2, 0.25) is 0 Å². The molecule has 1 atom stereocenters. The molecule has 0 saturated heterocycles. The van der Waals surface area contributed by atoms with Crippen molar-refractivity contribution in [2.24, 2.45) is 0 Å². The first-order valence-corrected chi connectivity index (χ1v) is 12.4. The Hall–Kier alpha value is -4.25. The van der Waals surface area contributed by atoms with Gasteiger partial charge in [-0.3, -0.25) is 0 Å². The first-order valence-electron chi connectivity index (χ1n) is 12.4. The summed E-state index contributed by atoms with van der Waals surface area (Å²) in [6, 6.07) is 29.5. The van der Waals surface area contributed by atoms with Crippen LogP contribution < -0.4 is 14.4 Å². The second-order valence-corrected chi connectivity index (χ2v) is 8.98. The number of esters is 1. The molecule has 6 rings (SSSR count). The summed E-state index contributed by atoms with van der Waals surface area (Å²) in [5.41, 5.74) is 3.97. The molecule has 0 aromatic heterocycles. The number of carbonyl (C=O) groups is 1. The van der Waals surface area contributed by atoms with Crippen molar-refractivity contribution in [1.82, 2.24) is 0 Å². The van der Waals surface area contributed by atoms with Gasteiger partial charge in [0.25, 0.3) is 0 Å². The van der Waals surface area contributed by atoms with E-state index in [0.29, 0.717) is 29.4 Å². The second-order valence-electron chi connectivity index (χ2n) is 8.98. The Morgan fingerprint density at radius 3 is 2.28 bits per heavy atom. The molecule has 1 spiro atoms. The SMILES string of the molecule is CCN(CC)c1cc(OCc2ccccc2)cc2c1C1(OC(=O)c3ccccc31)c1ccccc1O2. The molecule has 0 bridgehead atoms. The van der Waals surface area contributed by atoms with Gasteiger partial charge in [-0.25, -0.2) is 4.79 Å². The lowest BCUT2D eigenvalue weighted by Gasteiger charge is -2.40. The Balaban J connectivity index is 1.58. The third-order valence-electron chi connectivity index (χ3n) is 7.02. The standard InChI is InChI=1S/C31H27NO4/c1-3-32(4-2)26-18-22(34-20-21-12-6-5-7-13-21)19-28-29(26)31(25-16-10-11-17-27(25)35-28)24-15-9-8-14-23(24)30(33)36-31/h5-19H,3-4,20H2,1-2H3. The number of fused-ring (bicyclic) bond motifs is 6. The van der Waals surface area contributed by atoms with Crippen molar-refractivity contribution in [3.8, 4) is 17.2 Å². The van der Waals surface area contributed by atoms with E-state index in [1.165, 1.54) is 0 Å². The first kappa shape index (κ1) is 22.2. The molecule has 0 aliphatic carbocycles. The molecule has 180 valence electrons. The minimum Gasteiger partial charge on any atom is -0.489 e. The quantitative estimate of drug-likeness (QED) is 0.290. The molecule has 0 amide bonds. The van der Waals surface area contributed by atoms with Gasteiger partial charge in [-0.15, -0.1) is 0 Å². The molecule has 36 heavy (non-hydrogen) atoms. The molecule has 0 N–H and O–H groups in total. The molecule has 4 aromatic rings. The lowest BCUT2D eigenvalue weighted by atomic mass is 9.76. The number of carbonyl (C=O) groups excluding carboxylic acids is 1. The van der Waals surface area contributed by atoms with Crippen LogP contribution in [0.15, 0.2) is 91.0 Å². The lowest BCUT2D eigenvalue weighted by molar-refractivity contribution is 0.0225. The fourth-order valence-electron chi connectivity index (χ4n) is 5.35. The molecule has 0 radical (unpaired) electrons. The van der Waals surface area contributed by atoms with Gasteiger partial charge in [-0.05, 0) is 31.5 Å². The third kappa shape index (κ3) is 3.34. The highest BCUT2D eigenvalue weighted by Crippen LogP contribution is 2.59. The van der Waals surface area contributed by atoms with Crippen molar-refractivity contribution >= 4 is 11.7 Å². The summed E-state index contributed by atoms with van der Waals surface area (Å²) in [7, 11) is 0. The average molecular weight is 478 g/mol. The average Bonchev–Trinajstić information content (AvgIpc) is 3.21. The van der Waals surface area contributed by atoms with Crippen LogP contribution in [0, 0.1) is 0 Å². The van der Waals surface area contributed by atoms with Crippen LogP contribution in [0.3, 0.4) is 0 Å². The Bertz CT molecular complexity index is 1440. The third-order valence-corrected chi connectivity index (χ3v) is 7.02. The zero-order valence-corrected chi connectivity index (χ0v) is 20.4. The van der Waals surface area contributed by atoms with Gasteiger partial charge in [-0.1, -0.05) is 66.7 Å². The minimum absolute atomic E-state index is 0.330. The molecular formula is C31H27NO4. The summed E-state index contributed by atoms with van der Waals surface area (Å²) in [5, 5.41) is 0. The monoisotopic (exact) mass is 477 g/mol. The number of hydrogen-bond acceptors (Lipinski definition) is 5. The van der Waals surface area contributed by atoms with Crippen LogP contribution in [-0.4, -0.2) is 19.1 Å². The van der Waals surface area contributed by atoms with E-state index in [0.717, 1.165) is 41.0 Å². The zero-order chi connectivity index (χ0) is 24.7. The van der Waals surface area contributed by atoms with Crippen LogP contribution in [0.4, 0.5) is 5.69 Å².